The van der Waals surface area contributed by atoms with Crippen LogP contribution in [-0.4, -0.2) is 30.4 Å². The van der Waals surface area contributed by atoms with Gasteiger partial charge in [0.2, 0.25) is 0 Å². The highest BCUT2D eigenvalue weighted by Crippen LogP contribution is 2.14. The van der Waals surface area contributed by atoms with Gasteiger partial charge in [0.1, 0.15) is 0 Å². The van der Waals surface area contributed by atoms with Gasteiger partial charge in [0.25, 0.3) is 0 Å². The monoisotopic (exact) mass is 291 g/mol. The van der Waals surface area contributed by atoms with Gasteiger partial charge in [0.05, 0.1) is 0 Å². The third kappa shape index (κ3) is 9.65. The Kier molecular flexibility index (Phi) is 12.2. The minimum absolute atomic E-state index is 0.773. The van der Waals surface area contributed by atoms with Crippen molar-refractivity contribution in [2.45, 2.75) is 70.8 Å². The summed E-state index contributed by atoms with van der Waals surface area (Å²) in [5.41, 5.74) is 0. The van der Waals surface area contributed by atoms with Crippen molar-refractivity contribution >= 4 is 15.9 Å². The number of hydrogen-bond acceptors (Lipinski definition) is 1. The number of hydrogen-bond donors (Lipinski definition) is 0. The molecule has 1 nitrogen and oxygen atoms in total. The maximum Gasteiger partial charge on any atom is 0.00971 e. The van der Waals surface area contributed by atoms with Gasteiger partial charge >= 0.3 is 0 Å². The minimum atomic E-state index is 0.773. The van der Waals surface area contributed by atoms with Crippen molar-refractivity contribution in [2.24, 2.45) is 0 Å². The normalized spacial score (nSPS) is 13.3. The van der Waals surface area contributed by atoms with Crippen molar-refractivity contribution in [1.82, 2.24) is 4.90 Å². The summed E-state index contributed by atoms with van der Waals surface area (Å²) in [4.78, 5) is 2.37. The number of nitrogens with zero attached hydrogens (tertiary/aromatic N) is 1. The minimum Gasteiger partial charge on any atom is -0.306 e. The second-order valence-corrected chi connectivity index (χ2v) is 5.80. The summed E-state index contributed by atoms with van der Waals surface area (Å²) in [7, 11) is 4.41. The highest BCUT2D eigenvalue weighted by molar-refractivity contribution is 9.09. The molecule has 0 rings (SSSR count). The Balaban J connectivity index is 3.33. The van der Waals surface area contributed by atoms with Crippen molar-refractivity contribution in [1.29, 1.82) is 0 Å². The van der Waals surface area contributed by atoms with Crippen LogP contribution in [0.4, 0.5) is 0 Å². The molecule has 0 spiro atoms. The quantitative estimate of drug-likeness (QED) is 0.389. The van der Waals surface area contributed by atoms with Crippen LogP contribution in [0.25, 0.3) is 0 Å². The summed E-state index contributed by atoms with van der Waals surface area (Å²) in [6.45, 7) is 2.28. The van der Waals surface area contributed by atoms with Crippen molar-refractivity contribution in [3.8, 4) is 0 Å². The van der Waals surface area contributed by atoms with Crippen LogP contribution in [-0.2, 0) is 0 Å². The molecule has 2 heteroatoms. The van der Waals surface area contributed by atoms with Crippen LogP contribution in [0.15, 0.2) is 0 Å². The largest absolute Gasteiger partial charge is 0.306 e. The fourth-order valence-electron chi connectivity index (χ4n) is 2.12. The van der Waals surface area contributed by atoms with E-state index >= 15 is 0 Å². The zero-order valence-electron chi connectivity index (χ0n) is 11.5. The van der Waals surface area contributed by atoms with Crippen LogP contribution in [0.2, 0.25) is 0 Å². The standard InChI is InChI=1S/C14H30BrN/c1-4-5-6-7-8-9-10-11-14(12-13-15)16(2)3/h14H,4-13H2,1-3H3. The van der Waals surface area contributed by atoms with Crippen molar-refractivity contribution < 1.29 is 0 Å². The van der Waals surface area contributed by atoms with Crippen LogP contribution in [0.3, 0.4) is 0 Å². The summed E-state index contributed by atoms with van der Waals surface area (Å²) in [5.74, 6) is 0. The highest BCUT2D eigenvalue weighted by atomic mass is 79.9. The first kappa shape index (κ1) is 16.4. The van der Waals surface area contributed by atoms with Crippen LogP contribution in [0.1, 0.15) is 64.7 Å². The molecule has 0 fully saturated rings. The molecule has 0 radical (unpaired) electrons. The van der Waals surface area contributed by atoms with Crippen LogP contribution >= 0.6 is 15.9 Å². The second kappa shape index (κ2) is 11.9. The van der Waals surface area contributed by atoms with Gasteiger partial charge in [0, 0.05) is 11.4 Å². The maximum absolute atomic E-state index is 3.54. The predicted molar refractivity (Wildman–Crippen MR) is 78.5 cm³/mol. The molecule has 0 N–H and O–H groups in total. The Bertz CT molecular complexity index is 137. The number of halogens is 1. The zero-order chi connectivity index (χ0) is 12.2. The summed E-state index contributed by atoms with van der Waals surface area (Å²) in [6.07, 6.45) is 12.6. The van der Waals surface area contributed by atoms with Crippen LogP contribution in [0, 0.1) is 0 Å². The van der Waals surface area contributed by atoms with E-state index in [0.29, 0.717) is 0 Å². The van der Waals surface area contributed by atoms with E-state index in [1.807, 2.05) is 0 Å². The molecule has 98 valence electrons. The van der Waals surface area contributed by atoms with Gasteiger partial charge in [-0.3, -0.25) is 0 Å². The van der Waals surface area contributed by atoms with E-state index in [1.54, 1.807) is 0 Å². The first-order chi connectivity index (χ1) is 7.72. The fourth-order valence-corrected chi connectivity index (χ4v) is 2.65. The summed E-state index contributed by atoms with van der Waals surface area (Å²) in [6, 6.07) is 0.773. The Morgan fingerprint density at radius 2 is 1.44 bits per heavy atom. The van der Waals surface area contributed by atoms with E-state index in [9.17, 15) is 0 Å². The lowest BCUT2D eigenvalue weighted by Crippen LogP contribution is -2.28. The van der Waals surface area contributed by atoms with Gasteiger partial charge in [-0.25, -0.2) is 0 Å². The third-order valence-corrected chi connectivity index (χ3v) is 3.77. The maximum atomic E-state index is 3.54. The molecule has 0 saturated carbocycles. The zero-order valence-corrected chi connectivity index (χ0v) is 13.1. The Morgan fingerprint density at radius 3 is 1.94 bits per heavy atom. The smallest absolute Gasteiger partial charge is 0.00971 e. The molecule has 0 aromatic carbocycles. The van der Waals surface area contributed by atoms with Crippen molar-refractivity contribution in [2.75, 3.05) is 19.4 Å². The predicted octanol–water partition coefficient (Wildman–Crippen LogP) is 4.84. The fraction of sp³-hybridized carbons (Fsp3) is 1.00. The summed E-state index contributed by atoms with van der Waals surface area (Å²) >= 11 is 3.54. The Labute approximate surface area is 111 Å². The Morgan fingerprint density at radius 1 is 0.875 bits per heavy atom. The average Bonchev–Trinajstić information content (AvgIpc) is 2.26. The summed E-state index contributed by atoms with van der Waals surface area (Å²) in [5, 5.41) is 1.13. The topological polar surface area (TPSA) is 3.24 Å². The molecule has 1 atom stereocenters. The van der Waals surface area contributed by atoms with Gasteiger partial charge in [-0.05, 0) is 26.9 Å². The molecule has 16 heavy (non-hydrogen) atoms. The van der Waals surface area contributed by atoms with E-state index in [2.05, 4.69) is 41.8 Å². The van der Waals surface area contributed by atoms with E-state index < -0.39 is 0 Å². The van der Waals surface area contributed by atoms with Crippen LogP contribution in [0.5, 0.6) is 0 Å². The SMILES string of the molecule is CCCCCCCCCC(CCBr)N(C)C. The van der Waals surface area contributed by atoms with Gasteiger partial charge < -0.3 is 4.90 Å². The van der Waals surface area contributed by atoms with E-state index in [4.69, 9.17) is 0 Å². The van der Waals surface area contributed by atoms with Crippen molar-refractivity contribution in [3.05, 3.63) is 0 Å². The average molecular weight is 292 g/mol. The molecule has 0 bridgehead atoms. The molecular weight excluding hydrogens is 262 g/mol. The molecular formula is C14H30BrN. The molecule has 0 amide bonds. The molecule has 0 aliphatic carbocycles. The lowest BCUT2D eigenvalue weighted by Gasteiger charge is -2.23. The molecule has 0 aromatic heterocycles. The first-order valence-electron chi connectivity index (χ1n) is 6.94. The lowest BCUT2D eigenvalue weighted by molar-refractivity contribution is 0.266. The second-order valence-electron chi connectivity index (χ2n) is 5.01. The van der Waals surface area contributed by atoms with E-state index in [1.165, 1.54) is 57.8 Å². The molecule has 0 aliphatic heterocycles. The number of alkyl halides is 1. The number of rotatable bonds is 11. The highest BCUT2D eigenvalue weighted by Gasteiger charge is 2.09. The van der Waals surface area contributed by atoms with Gasteiger partial charge in [-0.15, -0.1) is 0 Å². The molecule has 0 heterocycles. The summed E-state index contributed by atoms with van der Waals surface area (Å²) < 4.78 is 0. The van der Waals surface area contributed by atoms with Crippen LogP contribution < -0.4 is 0 Å². The number of unbranched alkanes of at least 4 members (excludes halogenated alkanes) is 6. The molecule has 0 aliphatic rings. The van der Waals surface area contributed by atoms with E-state index in [0.717, 1.165) is 11.4 Å². The third-order valence-electron chi connectivity index (χ3n) is 3.31. The molecule has 1 unspecified atom stereocenters. The molecule has 0 saturated heterocycles. The van der Waals surface area contributed by atoms with Gasteiger partial charge in [-0.1, -0.05) is 67.8 Å². The van der Waals surface area contributed by atoms with Crippen molar-refractivity contribution in [3.63, 3.8) is 0 Å². The van der Waals surface area contributed by atoms with E-state index in [-0.39, 0.29) is 0 Å². The Hall–Kier alpha value is 0.440. The first-order valence-corrected chi connectivity index (χ1v) is 8.06. The lowest BCUT2D eigenvalue weighted by atomic mass is 10.0. The molecule has 0 aromatic rings. The van der Waals surface area contributed by atoms with Gasteiger partial charge in [-0.2, -0.15) is 0 Å². The van der Waals surface area contributed by atoms with Gasteiger partial charge in [0.15, 0.2) is 0 Å².